The molecule has 2 aromatic carbocycles. The number of benzene rings is 2. The van der Waals surface area contributed by atoms with E-state index in [4.69, 9.17) is 23.7 Å². The summed E-state index contributed by atoms with van der Waals surface area (Å²) in [7, 11) is 0. The van der Waals surface area contributed by atoms with Crippen molar-refractivity contribution in [3.05, 3.63) is 84.5 Å². The Kier molecular flexibility index (Phi) is 10.6. The second kappa shape index (κ2) is 14.8. The highest BCUT2D eigenvalue weighted by molar-refractivity contribution is 7.07. The molecule has 0 bridgehead atoms. The standard InChI is InChI=1S/C34H39N3O8S/c1-6-42-25-11-9-24(10-12-25)31-30(33(40)45-21(3)4)22(5)35-34-37(31)32(39)28(46-34)19-23-8-13-26(27(18-23)43-7-2)44-20-29(38)36-14-16-41-17-15-36/h8-13,18-19,21,31H,6-7,14-17,20H2,1-5H3/b28-19-/t31-/m1/s1. The Labute approximate surface area is 271 Å². The largest absolute Gasteiger partial charge is 0.494 e. The number of rotatable bonds is 11. The number of amides is 1. The molecule has 0 spiro atoms. The minimum atomic E-state index is -0.737. The van der Waals surface area contributed by atoms with Crippen LogP contribution in [0.1, 0.15) is 51.8 Å². The average Bonchev–Trinajstić information content (AvgIpc) is 3.34. The maximum atomic E-state index is 14.0. The lowest BCUT2D eigenvalue weighted by Gasteiger charge is -2.26. The number of hydrogen-bond donors (Lipinski definition) is 0. The summed E-state index contributed by atoms with van der Waals surface area (Å²) in [5, 5.41) is 0. The van der Waals surface area contributed by atoms with Gasteiger partial charge in [0.15, 0.2) is 22.9 Å². The molecule has 1 saturated heterocycles. The molecule has 0 radical (unpaired) electrons. The Bertz CT molecular complexity index is 1790. The van der Waals surface area contributed by atoms with Crippen LogP contribution >= 0.6 is 11.3 Å². The van der Waals surface area contributed by atoms with Crippen molar-refractivity contribution in [1.82, 2.24) is 9.47 Å². The Morgan fingerprint density at radius 1 is 1.02 bits per heavy atom. The SMILES string of the molecule is CCOc1ccc([C@@H]2C(C(=O)OC(C)C)=C(C)N=c3s/c(=C\c4ccc(OCC(=O)N5CCOCC5)c(OCC)c4)c(=O)n32)cc1. The van der Waals surface area contributed by atoms with Crippen LogP contribution < -0.4 is 29.1 Å². The summed E-state index contributed by atoms with van der Waals surface area (Å²) in [6, 6.07) is 11.9. The molecule has 11 nitrogen and oxygen atoms in total. The van der Waals surface area contributed by atoms with Crippen LogP contribution in [0.25, 0.3) is 6.08 Å². The number of nitrogens with zero attached hydrogens (tertiary/aromatic N) is 3. The van der Waals surface area contributed by atoms with Gasteiger partial charge in [0.2, 0.25) is 0 Å². The zero-order valence-corrected chi connectivity index (χ0v) is 27.6. The van der Waals surface area contributed by atoms with Crippen molar-refractivity contribution >= 4 is 29.3 Å². The molecule has 244 valence electrons. The summed E-state index contributed by atoms with van der Waals surface area (Å²) in [4.78, 5) is 46.9. The summed E-state index contributed by atoms with van der Waals surface area (Å²) in [5.41, 5.74) is 1.94. The molecule has 3 aromatic rings. The normalized spacial score (nSPS) is 16.6. The Morgan fingerprint density at radius 3 is 2.41 bits per heavy atom. The van der Waals surface area contributed by atoms with Crippen LogP contribution in [0.4, 0.5) is 0 Å². The number of hydrogen-bond acceptors (Lipinski definition) is 10. The number of allylic oxidation sites excluding steroid dienone is 1. The van der Waals surface area contributed by atoms with Gasteiger partial charge in [0.05, 0.1) is 54.4 Å². The van der Waals surface area contributed by atoms with Crippen LogP contribution in [0.3, 0.4) is 0 Å². The van der Waals surface area contributed by atoms with Gasteiger partial charge in [-0.3, -0.25) is 14.2 Å². The lowest BCUT2D eigenvalue weighted by Crippen LogP contribution is -2.43. The minimum Gasteiger partial charge on any atom is -0.494 e. The van der Waals surface area contributed by atoms with Crippen LogP contribution in [0.5, 0.6) is 17.2 Å². The van der Waals surface area contributed by atoms with Crippen molar-refractivity contribution in [2.45, 2.75) is 46.8 Å². The number of fused-ring (bicyclic) bond motifs is 1. The first-order chi connectivity index (χ1) is 22.2. The van der Waals surface area contributed by atoms with E-state index in [1.54, 1.807) is 54.5 Å². The second-order valence-electron chi connectivity index (χ2n) is 11.0. The van der Waals surface area contributed by atoms with Crippen molar-refractivity contribution in [1.29, 1.82) is 0 Å². The summed E-state index contributed by atoms with van der Waals surface area (Å²) in [6.45, 7) is 12.0. The van der Waals surface area contributed by atoms with Gasteiger partial charge in [-0.1, -0.05) is 29.5 Å². The van der Waals surface area contributed by atoms with E-state index < -0.39 is 12.0 Å². The highest BCUT2D eigenvalue weighted by atomic mass is 32.1. The highest BCUT2D eigenvalue weighted by Crippen LogP contribution is 2.32. The number of esters is 1. The molecule has 1 amide bonds. The lowest BCUT2D eigenvalue weighted by atomic mass is 9.96. The monoisotopic (exact) mass is 649 g/mol. The van der Waals surface area contributed by atoms with Crippen LogP contribution in [0.2, 0.25) is 0 Å². The summed E-state index contributed by atoms with van der Waals surface area (Å²) in [5.74, 6) is 0.939. The molecule has 0 unspecified atom stereocenters. The zero-order valence-electron chi connectivity index (χ0n) is 26.7. The highest BCUT2D eigenvalue weighted by Gasteiger charge is 2.34. The molecule has 1 fully saturated rings. The van der Waals surface area contributed by atoms with Crippen LogP contribution in [0, 0.1) is 0 Å². The van der Waals surface area contributed by atoms with Gasteiger partial charge in [0.1, 0.15) is 5.75 Å². The molecule has 5 rings (SSSR count). The number of morpholine rings is 1. The van der Waals surface area contributed by atoms with Gasteiger partial charge < -0.3 is 28.6 Å². The fraction of sp³-hybridized carbons (Fsp3) is 0.412. The van der Waals surface area contributed by atoms with Crippen molar-refractivity contribution in [2.75, 3.05) is 46.1 Å². The van der Waals surface area contributed by atoms with Crippen LogP contribution in [-0.2, 0) is 19.1 Å². The molecule has 2 aliphatic heterocycles. The molecule has 1 aromatic heterocycles. The van der Waals surface area contributed by atoms with Crippen LogP contribution in [-0.4, -0.2) is 73.6 Å². The van der Waals surface area contributed by atoms with E-state index in [-0.39, 0.29) is 24.2 Å². The van der Waals surface area contributed by atoms with Gasteiger partial charge in [0.25, 0.3) is 11.5 Å². The number of ether oxygens (including phenoxy) is 5. The smallest absolute Gasteiger partial charge is 0.338 e. The van der Waals surface area contributed by atoms with Gasteiger partial charge in [-0.15, -0.1) is 0 Å². The lowest BCUT2D eigenvalue weighted by molar-refractivity contribution is -0.143. The molecule has 0 saturated carbocycles. The number of aromatic nitrogens is 1. The van der Waals surface area contributed by atoms with E-state index in [0.717, 1.165) is 5.56 Å². The predicted molar refractivity (Wildman–Crippen MR) is 173 cm³/mol. The first-order valence-corrected chi connectivity index (χ1v) is 16.2. The van der Waals surface area contributed by atoms with E-state index in [1.165, 1.54) is 11.3 Å². The molecular weight excluding hydrogens is 610 g/mol. The predicted octanol–water partition coefficient (Wildman–Crippen LogP) is 3.22. The minimum absolute atomic E-state index is 0.120. The molecule has 12 heteroatoms. The summed E-state index contributed by atoms with van der Waals surface area (Å²) < 4.78 is 30.2. The molecule has 2 aliphatic rings. The average molecular weight is 650 g/mol. The number of carbonyl (C=O) groups is 2. The van der Waals surface area contributed by atoms with Gasteiger partial charge in [-0.2, -0.15) is 0 Å². The van der Waals surface area contributed by atoms with E-state index in [1.807, 2.05) is 38.1 Å². The van der Waals surface area contributed by atoms with Crippen LogP contribution in [0.15, 0.2) is 63.5 Å². The van der Waals surface area contributed by atoms with E-state index in [9.17, 15) is 14.4 Å². The van der Waals surface area contributed by atoms with Gasteiger partial charge in [-0.25, -0.2) is 9.79 Å². The van der Waals surface area contributed by atoms with Crippen molar-refractivity contribution in [3.8, 4) is 17.2 Å². The molecule has 46 heavy (non-hydrogen) atoms. The maximum absolute atomic E-state index is 14.0. The topological polar surface area (TPSA) is 118 Å². The number of thiazole rings is 1. The van der Waals surface area contributed by atoms with Crippen molar-refractivity contribution in [3.63, 3.8) is 0 Å². The number of carbonyl (C=O) groups excluding carboxylic acids is 2. The van der Waals surface area contributed by atoms with Gasteiger partial charge in [-0.05, 0) is 76.1 Å². The molecule has 0 aliphatic carbocycles. The Morgan fingerprint density at radius 2 is 1.74 bits per heavy atom. The molecular formula is C34H39N3O8S. The summed E-state index contributed by atoms with van der Waals surface area (Å²) in [6.07, 6.45) is 1.41. The summed E-state index contributed by atoms with van der Waals surface area (Å²) >= 11 is 1.24. The van der Waals surface area contributed by atoms with Gasteiger partial charge >= 0.3 is 5.97 Å². The van der Waals surface area contributed by atoms with Gasteiger partial charge in [0, 0.05) is 13.1 Å². The van der Waals surface area contributed by atoms with E-state index in [2.05, 4.69) is 4.99 Å². The molecule has 0 N–H and O–H groups in total. The fourth-order valence-electron chi connectivity index (χ4n) is 5.29. The quantitative estimate of drug-likeness (QED) is 0.291. The second-order valence-corrected chi connectivity index (χ2v) is 12.0. The Balaban J connectivity index is 1.50. The molecule has 3 heterocycles. The fourth-order valence-corrected chi connectivity index (χ4v) is 6.33. The van der Waals surface area contributed by atoms with E-state index in [0.29, 0.717) is 82.9 Å². The van der Waals surface area contributed by atoms with E-state index >= 15 is 0 Å². The third kappa shape index (κ3) is 7.34. The maximum Gasteiger partial charge on any atom is 0.338 e. The molecule has 1 atom stereocenters. The third-order valence-electron chi connectivity index (χ3n) is 7.37. The van der Waals surface area contributed by atoms with Crippen molar-refractivity contribution < 1.29 is 33.3 Å². The zero-order chi connectivity index (χ0) is 32.8. The van der Waals surface area contributed by atoms with Crippen molar-refractivity contribution in [2.24, 2.45) is 4.99 Å². The third-order valence-corrected chi connectivity index (χ3v) is 8.35. The first-order valence-electron chi connectivity index (χ1n) is 15.4. The first kappa shape index (κ1) is 33.0. The Hall–Kier alpha value is -4.42.